The Labute approximate surface area is 221 Å². The number of hydrogen-bond acceptors (Lipinski definition) is 4. The molecule has 0 spiro atoms. The molecule has 2 aromatic carbocycles. The van der Waals surface area contributed by atoms with Crippen molar-refractivity contribution in [3.8, 4) is 0 Å². The molecule has 198 valence electrons. The Morgan fingerprint density at radius 1 is 1.00 bits per heavy atom. The molecule has 0 radical (unpaired) electrons. The predicted octanol–water partition coefficient (Wildman–Crippen LogP) is 5.67. The third-order valence-corrected chi connectivity index (χ3v) is 9.47. The molecule has 3 aliphatic rings. The van der Waals surface area contributed by atoms with Gasteiger partial charge in [-0.05, 0) is 73.8 Å². The number of amides is 2. The quantitative estimate of drug-likeness (QED) is 0.461. The fourth-order valence-corrected chi connectivity index (χ4v) is 6.62. The van der Waals surface area contributed by atoms with Crippen molar-refractivity contribution in [1.29, 1.82) is 0 Å². The zero-order chi connectivity index (χ0) is 25.8. The van der Waals surface area contributed by atoms with Crippen LogP contribution in [0, 0.1) is 0 Å². The van der Waals surface area contributed by atoms with E-state index in [4.69, 9.17) is 0 Å². The largest absolute Gasteiger partial charge is 0.334 e. The van der Waals surface area contributed by atoms with Gasteiger partial charge in [-0.15, -0.1) is 0 Å². The minimum absolute atomic E-state index is 0.0841. The van der Waals surface area contributed by atoms with Crippen molar-refractivity contribution in [2.24, 2.45) is 0 Å². The zero-order valence-electron chi connectivity index (χ0n) is 21.8. The van der Waals surface area contributed by atoms with Crippen molar-refractivity contribution in [3.05, 3.63) is 71.3 Å². The topological polar surface area (TPSA) is 78.5 Å². The Balaban J connectivity index is 1.16. The molecule has 5 rings (SSSR count). The molecule has 0 saturated heterocycles. The first kappa shape index (κ1) is 26.0. The predicted molar refractivity (Wildman–Crippen MR) is 149 cm³/mol. The molecule has 2 fully saturated rings. The number of carbonyl (C=O) groups excluding carboxylic acids is 1. The van der Waals surface area contributed by atoms with E-state index in [1.807, 2.05) is 0 Å². The molecule has 2 amide bonds. The summed E-state index contributed by atoms with van der Waals surface area (Å²) in [6.45, 7) is 1.95. The molecule has 1 heterocycles. The van der Waals surface area contributed by atoms with E-state index >= 15 is 0 Å². The van der Waals surface area contributed by atoms with Gasteiger partial charge in [0.1, 0.15) is 0 Å². The fraction of sp³-hybridized carbons (Fsp3) is 0.500. The van der Waals surface area contributed by atoms with Gasteiger partial charge < -0.3 is 10.6 Å². The van der Waals surface area contributed by atoms with E-state index in [0.29, 0.717) is 11.7 Å². The minimum atomic E-state index is -3.32. The van der Waals surface area contributed by atoms with Crippen molar-refractivity contribution >= 4 is 21.6 Å². The van der Waals surface area contributed by atoms with Crippen LogP contribution < -0.4 is 10.6 Å². The van der Waals surface area contributed by atoms with Gasteiger partial charge in [-0.25, -0.2) is 13.2 Å². The summed E-state index contributed by atoms with van der Waals surface area (Å²) in [5.41, 5.74) is 4.90. The van der Waals surface area contributed by atoms with E-state index < -0.39 is 9.84 Å². The Hall–Kier alpha value is -2.64. The summed E-state index contributed by atoms with van der Waals surface area (Å²) >= 11 is 0. The van der Waals surface area contributed by atoms with Crippen molar-refractivity contribution in [2.75, 3.05) is 24.7 Å². The number of carbonyl (C=O) groups is 1. The highest BCUT2D eigenvalue weighted by Crippen LogP contribution is 2.36. The SMILES string of the molecule is CS(=O)(=O)c1cccc(NC(=O)NC2CCCC[C@H]2N2CC=C(Cc3ccc(C4CCC4)cc3)CC2)c1. The molecule has 2 aliphatic carbocycles. The van der Waals surface area contributed by atoms with Crippen LogP contribution in [0.4, 0.5) is 10.5 Å². The molecular weight excluding hydrogens is 482 g/mol. The number of benzene rings is 2. The van der Waals surface area contributed by atoms with E-state index in [1.54, 1.807) is 12.1 Å². The third-order valence-electron chi connectivity index (χ3n) is 8.36. The maximum absolute atomic E-state index is 12.8. The highest BCUT2D eigenvalue weighted by molar-refractivity contribution is 7.90. The molecule has 0 aromatic heterocycles. The Bertz CT molecular complexity index is 1230. The number of rotatable bonds is 7. The summed E-state index contributed by atoms with van der Waals surface area (Å²) in [7, 11) is -3.32. The van der Waals surface area contributed by atoms with E-state index in [2.05, 4.69) is 45.9 Å². The van der Waals surface area contributed by atoms with Gasteiger partial charge in [-0.3, -0.25) is 4.90 Å². The Morgan fingerprint density at radius 3 is 2.46 bits per heavy atom. The number of hydrogen-bond donors (Lipinski definition) is 2. The van der Waals surface area contributed by atoms with Crippen LogP contribution in [0.2, 0.25) is 0 Å². The first-order chi connectivity index (χ1) is 17.8. The number of anilines is 1. The number of urea groups is 1. The normalized spacial score (nSPS) is 23.1. The molecule has 7 heteroatoms. The summed E-state index contributed by atoms with van der Waals surface area (Å²) in [6.07, 6.45) is 14.1. The van der Waals surface area contributed by atoms with Gasteiger partial charge in [0.05, 0.1) is 4.90 Å². The monoisotopic (exact) mass is 521 g/mol. The van der Waals surface area contributed by atoms with Gasteiger partial charge in [0.15, 0.2) is 9.84 Å². The molecule has 0 bridgehead atoms. The molecule has 6 nitrogen and oxygen atoms in total. The van der Waals surface area contributed by atoms with Gasteiger partial charge in [0, 0.05) is 37.1 Å². The smallest absolute Gasteiger partial charge is 0.319 e. The molecule has 2 atom stereocenters. The summed E-state index contributed by atoms with van der Waals surface area (Å²) in [6, 6.07) is 15.8. The Kier molecular flexibility index (Phi) is 8.01. The second-order valence-corrected chi connectivity index (χ2v) is 13.0. The molecule has 37 heavy (non-hydrogen) atoms. The molecule has 2 aromatic rings. The summed E-state index contributed by atoms with van der Waals surface area (Å²) in [4.78, 5) is 15.5. The van der Waals surface area contributed by atoms with Gasteiger partial charge in [-0.1, -0.05) is 61.2 Å². The molecular formula is C30H39N3O3S. The van der Waals surface area contributed by atoms with E-state index in [1.165, 1.54) is 60.8 Å². The third kappa shape index (κ3) is 6.63. The van der Waals surface area contributed by atoms with Gasteiger partial charge in [0.25, 0.3) is 0 Å². The lowest BCUT2D eigenvalue weighted by atomic mass is 9.80. The summed E-state index contributed by atoms with van der Waals surface area (Å²) in [5.74, 6) is 0.785. The fourth-order valence-electron chi connectivity index (χ4n) is 5.96. The summed E-state index contributed by atoms with van der Waals surface area (Å²) < 4.78 is 23.7. The maximum atomic E-state index is 12.8. The maximum Gasteiger partial charge on any atom is 0.319 e. The number of sulfone groups is 1. The van der Waals surface area contributed by atoms with E-state index in [0.717, 1.165) is 51.1 Å². The van der Waals surface area contributed by atoms with Crippen molar-refractivity contribution < 1.29 is 13.2 Å². The lowest BCUT2D eigenvalue weighted by Crippen LogP contribution is -2.55. The first-order valence-corrected chi connectivity index (χ1v) is 15.6. The lowest BCUT2D eigenvalue weighted by Gasteiger charge is -2.41. The van der Waals surface area contributed by atoms with Gasteiger partial charge >= 0.3 is 6.03 Å². The van der Waals surface area contributed by atoms with E-state index in [9.17, 15) is 13.2 Å². The van der Waals surface area contributed by atoms with Crippen LogP contribution in [-0.4, -0.2) is 50.8 Å². The second-order valence-electron chi connectivity index (χ2n) is 11.0. The first-order valence-electron chi connectivity index (χ1n) is 13.7. The number of nitrogens with zero attached hydrogens (tertiary/aromatic N) is 1. The zero-order valence-corrected chi connectivity index (χ0v) is 22.6. The highest BCUT2D eigenvalue weighted by Gasteiger charge is 2.32. The molecule has 2 N–H and O–H groups in total. The van der Waals surface area contributed by atoms with Crippen LogP contribution in [0.5, 0.6) is 0 Å². The van der Waals surface area contributed by atoms with Crippen LogP contribution in [-0.2, 0) is 16.3 Å². The molecule has 1 aliphatic heterocycles. The molecule has 1 unspecified atom stereocenters. The van der Waals surface area contributed by atoms with Gasteiger partial charge in [0.2, 0.25) is 0 Å². The summed E-state index contributed by atoms with van der Waals surface area (Å²) in [5, 5.41) is 6.02. The lowest BCUT2D eigenvalue weighted by molar-refractivity contribution is 0.133. The average molecular weight is 522 g/mol. The average Bonchev–Trinajstić information content (AvgIpc) is 2.85. The Morgan fingerprint density at radius 2 is 1.78 bits per heavy atom. The van der Waals surface area contributed by atoms with Crippen LogP contribution in [0.3, 0.4) is 0 Å². The standard InChI is InChI=1S/C30H39N3O3S/c1-37(35,36)27-9-5-8-26(21-27)31-30(34)32-28-10-2-3-11-29(28)33-18-16-23(17-19-33)20-22-12-14-25(15-13-22)24-6-4-7-24/h5,8-9,12-16,21,24,28-29H,2-4,6-7,10-11,17-20H2,1H3,(H2,31,32,34)/t28?,29-/m1/s1. The van der Waals surface area contributed by atoms with Crippen molar-refractivity contribution in [2.45, 2.75) is 80.7 Å². The van der Waals surface area contributed by atoms with Crippen molar-refractivity contribution in [3.63, 3.8) is 0 Å². The minimum Gasteiger partial charge on any atom is -0.334 e. The molecule has 2 saturated carbocycles. The van der Waals surface area contributed by atoms with Crippen LogP contribution in [0.15, 0.2) is 65.1 Å². The van der Waals surface area contributed by atoms with Crippen LogP contribution in [0.25, 0.3) is 0 Å². The number of nitrogens with one attached hydrogen (secondary N) is 2. The van der Waals surface area contributed by atoms with E-state index in [-0.39, 0.29) is 17.0 Å². The second kappa shape index (κ2) is 11.4. The van der Waals surface area contributed by atoms with Crippen LogP contribution >= 0.6 is 0 Å². The highest BCUT2D eigenvalue weighted by atomic mass is 32.2. The van der Waals surface area contributed by atoms with Crippen LogP contribution in [0.1, 0.15) is 68.4 Å². The van der Waals surface area contributed by atoms with Crippen molar-refractivity contribution in [1.82, 2.24) is 10.2 Å². The van der Waals surface area contributed by atoms with Gasteiger partial charge in [-0.2, -0.15) is 0 Å².